The molecule has 1 aromatic heterocycles. The van der Waals surface area contributed by atoms with Crippen molar-refractivity contribution >= 4 is 28.4 Å². The maximum absolute atomic E-state index is 10.9. The van der Waals surface area contributed by atoms with E-state index >= 15 is 0 Å². The molecule has 0 amide bonds. The Hall–Kier alpha value is -1.40. The quantitative estimate of drug-likeness (QED) is 0.912. The van der Waals surface area contributed by atoms with E-state index in [1.807, 2.05) is 12.1 Å². The molecule has 0 aliphatic carbocycles. The van der Waals surface area contributed by atoms with E-state index in [9.17, 15) is 4.21 Å². The second-order valence-electron chi connectivity index (χ2n) is 3.63. The number of hydrogen-bond donors (Lipinski definition) is 1. The van der Waals surface area contributed by atoms with Crippen LogP contribution in [0.15, 0.2) is 28.7 Å². The van der Waals surface area contributed by atoms with Crippen molar-refractivity contribution < 1.29 is 8.63 Å². The van der Waals surface area contributed by atoms with E-state index in [4.69, 9.17) is 16.0 Å². The smallest absolute Gasteiger partial charge is 0.315 e. The molecule has 2 rings (SSSR count). The van der Waals surface area contributed by atoms with Gasteiger partial charge in [0.25, 0.3) is 0 Å². The van der Waals surface area contributed by atoms with Crippen molar-refractivity contribution in [3.63, 3.8) is 0 Å². The molecule has 1 heterocycles. The third kappa shape index (κ3) is 3.54. The Morgan fingerprint density at radius 2 is 2.28 bits per heavy atom. The zero-order valence-electron chi connectivity index (χ0n) is 9.72. The molecule has 1 aromatic carbocycles. The summed E-state index contributed by atoms with van der Waals surface area (Å²) in [6.07, 6.45) is 1.65. The Morgan fingerprint density at radius 1 is 1.44 bits per heavy atom. The molecule has 96 valence electrons. The summed E-state index contributed by atoms with van der Waals surface area (Å²) in [5.41, 5.74) is 0.766. The second kappa shape index (κ2) is 5.97. The predicted molar refractivity (Wildman–Crippen MR) is 72.2 cm³/mol. The lowest BCUT2D eigenvalue weighted by atomic mass is 10.2. The summed E-state index contributed by atoms with van der Waals surface area (Å²) in [5, 5.41) is 11.3. The first-order valence-electron chi connectivity index (χ1n) is 5.28. The van der Waals surface area contributed by atoms with Crippen LogP contribution in [0.25, 0.3) is 11.5 Å². The van der Waals surface area contributed by atoms with Crippen LogP contribution in [0.4, 0.5) is 6.01 Å². The lowest BCUT2D eigenvalue weighted by Crippen LogP contribution is -2.09. The molecule has 1 atom stereocenters. The van der Waals surface area contributed by atoms with Crippen LogP contribution in [0.5, 0.6) is 0 Å². The standard InChI is InChI=1S/C11H12ClN3O2S/c1-18(16)6-5-13-11-15-14-10(17-11)8-3-2-4-9(12)7-8/h2-4,7H,5-6H2,1H3,(H,13,15). The van der Waals surface area contributed by atoms with Crippen LogP contribution >= 0.6 is 11.6 Å². The number of nitrogens with one attached hydrogen (secondary N) is 1. The molecule has 0 radical (unpaired) electrons. The van der Waals surface area contributed by atoms with Gasteiger partial charge in [0.2, 0.25) is 5.89 Å². The second-order valence-corrected chi connectivity index (χ2v) is 5.62. The summed E-state index contributed by atoms with van der Waals surface area (Å²) in [4.78, 5) is 0. The van der Waals surface area contributed by atoms with Crippen LogP contribution in [0.3, 0.4) is 0 Å². The molecule has 0 bridgehead atoms. The molecule has 18 heavy (non-hydrogen) atoms. The summed E-state index contributed by atoms with van der Waals surface area (Å²) in [5.74, 6) is 0.937. The minimum atomic E-state index is -0.841. The largest absolute Gasteiger partial charge is 0.403 e. The molecular weight excluding hydrogens is 274 g/mol. The number of halogens is 1. The summed E-state index contributed by atoms with van der Waals surface area (Å²) in [6.45, 7) is 0.528. The van der Waals surface area contributed by atoms with Gasteiger partial charge in [0, 0.05) is 39.9 Å². The van der Waals surface area contributed by atoms with Crippen LogP contribution in [-0.2, 0) is 10.8 Å². The zero-order chi connectivity index (χ0) is 13.0. The van der Waals surface area contributed by atoms with Gasteiger partial charge >= 0.3 is 6.01 Å². The number of hydrogen-bond acceptors (Lipinski definition) is 5. The molecular formula is C11H12ClN3O2S. The van der Waals surface area contributed by atoms with Crippen LogP contribution in [0, 0.1) is 0 Å². The van der Waals surface area contributed by atoms with Gasteiger partial charge in [-0.05, 0) is 18.2 Å². The van der Waals surface area contributed by atoms with Gasteiger partial charge in [0.1, 0.15) is 0 Å². The van der Waals surface area contributed by atoms with Crippen LogP contribution in [0.2, 0.25) is 5.02 Å². The highest BCUT2D eigenvalue weighted by molar-refractivity contribution is 7.84. The first-order valence-corrected chi connectivity index (χ1v) is 7.39. The number of anilines is 1. The summed E-state index contributed by atoms with van der Waals surface area (Å²) in [6, 6.07) is 7.49. The molecule has 5 nitrogen and oxygen atoms in total. The molecule has 0 aliphatic rings. The van der Waals surface area contributed by atoms with Crippen molar-refractivity contribution in [2.75, 3.05) is 23.9 Å². The van der Waals surface area contributed by atoms with Crippen molar-refractivity contribution in [3.8, 4) is 11.5 Å². The molecule has 0 fully saturated rings. The van der Waals surface area contributed by atoms with Gasteiger partial charge in [-0.25, -0.2) is 0 Å². The van der Waals surface area contributed by atoms with Crippen LogP contribution in [0.1, 0.15) is 0 Å². The van der Waals surface area contributed by atoms with Gasteiger partial charge in [-0.3, -0.25) is 4.21 Å². The van der Waals surface area contributed by atoms with Gasteiger partial charge in [-0.1, -0.05) is 22.8 Å². The van der Waals surface area contributed by atoms with E-state index in [-0.39, 0.29) is 0 Å². The molecule has 1 unspecified atom stereocenters. The number of benzene rings is 1. The fourth-order valence-electron chi connectivity index (χ4n) is 1.33. The topological polar surface area (TPSA) is 68.0 Å². The Bertz CT molecular complexity index is 559. The number of rotatable bonds is 5. The van der Waals surface area contributed by atoms with Gasteiger partial charge in [-0.2, -0.15) is 0 Å². The molecule has 2 aromatic rings. The normalized spacial score (nSPS) is 12.3. The maximum atomic E-state index is 10.9. The van der Waals surface area contributed by atoms with Crippen molar-refractivity contribution in [1.82, 2.24) is 10.2 Å². The van der Waals surface area contributed by atoms with E-state index in [1.54, 1.807) is 18.4 Å². The van der Waals surface area contributed by atoms with Crippen molar-refractivity contribution in [2.24, 2.45) is 0 Å². The molecule has 0 spiro atoms. The molecule has 1 N–H and O–H groups in total. The molecule has 7 heteroatoms. The summed E-state index contributed by atoms with van der Waals surface area (Å²) >= 11 is 5.88. The van der Waals surface area contributed by atoms with Gasteiger partial charge < -0.3 is 9.73 Å². The lowest BCUT2D eigenvalue weighted by molar-refractivity contribution is 0.582. The average Bonchev–Trinajstić information content (AvgIpc) is 2.77. The minimum absolute atomic E-state index is 0.315. The van der Waals surface area contributed by atoms with E-state index in [0.29, 0.717) is 29.2 Å². The third-order valence-corrected chi connectivity index (χ3v) is 3.18. The van der Waals surface area contributed by atoms with Crippen LogP contribution < -0.4 is 5.32 Å². The lowest BCUT2D eigenvalue weighted by Gasteiger charge is -1.98. The highest BCUT2D eigenvalue weighted by Crippen LogP contribution is 2.22. The monoisotopic (exact) mass is 285 g/mol. The minimum Gasteiger partial charge on any atom is -0.403 e. The van der Waals surface area contributed by atoms with E-state index < -0.39 is 10.8 Å². The molecule has 0 saturated carbocycles. The van der Waals surface area contributed by atoms with Crippen molar-refractivity contribution in [2.45, 2.75) is 0 Å². The Morgan fingerprint density at radius 3 is 3.00 bits per heavy atom. The van der Waals surface area contributed by atoms with E-state index in [2.05, 4.69) is 15.5 Å². The Balaban J connectivity index is 2.04. The summed E-state index contributed by atoms with van der Waals surface area (Å²) in [7, 11) is -0.841. The predicted octanol–water partition coefficient (Wildman–Crippen LogP) is 2.18. The Kier molecular flexibility index (Phi) is 4.33. The van der Waals surface area contributed by atoms with Gasteiger partial charge in [-0.15, -0.1) is 5.10 Å². The number of aromatic nitrogens is 2. The third-order valence-electron chi connectivity index (χ3n) is 2.16. The highest BCUT2D eigenvalue weighted by Gasteiger charge is 2.08. The van der Waals surface area contributed by atoms with E-state index in [1.165, 1.54) is 0 Å². The SMILES string of the molecule is CS(=O)CCNc1nnc(-c2cccc(Cl)c2)o1. The first kappa shape index (κ1) is 13.0. The molecule has 0 aliphatic heterocycles. The number of nitrogens with zero attached hydrogens (tertiary/aromatic N) is 2. The van der Waals surface area contributed by atoms with Gasteiger partial charge in [0.05, 0.1) is 0 Å². The van der Waals surface area contributed by atoms with Crippen LogP contribution in [-0.4, -0.2) is 33.0 Å². The fraction of sp³-hybridized carbons (Fsp3) is 0.273. The van der Waals surface area contributed by atoms with Crippen molar-refractivity contribution in [1.29, 1.82) is 0 Å². The van der Waals surface area contributed by atoms with Gasteiger partial charge in [0.15, 0.2) is 0 Å². The maximum Gasteiger partial charge on any atom is 0.315 e. The first-order chi connectivity index (χ1) is 8.65. The molecule has 0 saturated heterocycles. The highest BCUT2D eigenvalue weighted by atomic mass is 35.5. The van der Waals surface area contributed by atoms with Crippen molar-refractivity contribution in [3.05, 3.63) is 29.3 Å². The Labute approximate surface area is 112 Å². The zero-order valence-corrected chi connectivity index (χ0v) is 11.3. The average molecular weight is 286 g/mol. The fourth-order valence-corrected chi connectivity index (χ4v) is 1.91. The summed E-state index contributed by atoms with van der Waals surface area (Å²) < 4.78 is 16.3. The van der Waals surface area contributed by atoms with E-state index in [0.717, 1.165) is 5.56 Å².